The molecule has 0 N–H and O–H groups in total. The lowest BCUT2D eigenvalue weighted by molar-refractivity contribution is -0.170. The molecule has 2 heteroatoms. The van der Waals surface area contributed by atoms with Gasteiger partial charge in [0.05, 0.1) is 11.2 Å². The molecule has 0 radical (unpaired) electrons. The van der Waals surface area contributed by atoms with Crippen molar-refractivity contribution >= 4 is 5.71 Å². The molecule has 3 aliphatic heterocycles. The number of aliphatic imine (C=N–C) groups is 1. The quantitative estimate of drug-likeness (QED) is 0.668. The third kappa shape index (κ3) is 1.16. The number of fused-ring (bicyclic) bond motifs is 1. The van der Waals surface area contributed by atoms with Crippen molar-refractivity contribution in [3.05, 3.63) is 12.2 Å². The first-order valence-electron chi connectivity index (χ1n) is 8.61. The number of hydrogen-bond acceptors (Lipinski definition) is 2. The van der Waals surface area contributed by atoms with Crippen LogP contribution in [0.4, 0.5) is 0 Å². The molecule has 2 bridgehead atoms. The van der Waals surface area contributed by atoms with Crippen LogP contribution in [0.25, 0.3) is 0 Å². The highest BCUT2D eigenvalue weighted by Crippen LogP contribution is 2.63. The molecule has 0 amide bonds. The highest BCUT2D eigenvalue weighted by Gasteiger charge is 2.68. The Morgan fingerprint density at radius 1 is 1.25 bits per heavy atom. The van der Waals surface area contributed by atoms with E-state index in [9.17, 15) is 0 Å². The van der Waals surface area contributed by atoms with E-state index in [2.05, 4.69) is 26.0 Å². The van der Waals surface area contributed by atoms with Crippen molar-refractivity contribution in [1.82, 2.24) is 0 Å². The fraction of sp³-hybridized carbons (Fsp3) is 0.833. The molecule has 2 spiro atoms. The zero-order chi connectivity index (χ0) is 13.5. The summed E-state index contributed by atoms with van der Waals surface area (Å²) >= 11 is 0. The van der Waals surface area contributed by atoms with Crippen molar-refractivity contribution in [2.75, 3.05) is 6.54 Å². The van der Waals surface area contributed by atoms with Crippen LogP contribution in [0.15, 0.2) is 17.1 Å². The van der Waals surface area contributed by atoms with E-state index in [1.807, 2.05) is 0 Å². The van der Waals surface area contributed by atoms with Gasteiger partial charge in [-0.15, -0.1) is 0 Å². The second-order valence-electron chi connectivity index (χ2n) is 8.12. The van der Waals surface area contributed by atoms with Gasteiger partial charge in [0.2, 0.25) is 0 Å². The van der Waals surface area contributed by atoms with Crippen LogP contribution in [0.3, 0.4) is 0 Å². The fourth-order valence-corrected chi connectivity index (χ4v) is 6.34. The van der Waals surface area contributed by atoms with Gasteiger partial charge in [0, 0.05) is 24.1 Å². The first-order chi connectivity index (χ1) is 9.66. The van der Waals surface area contributed by atoms with Gasteiger partial charge in [-0.3, -0.25) is 4.99 Å². The van der Waals surface area contributed by atoms with Crippen LogP contribution in [-0.4, -0.2) is 23.5 Å². The van der Waals surface area contributed by atoms with Gasteiger partial charge in [-0.05, 0) is 49.9 Å². The van der Waals surface area contributed by atoms with Crippen LogP contribution in [0, 0.1) is 29.6 Å². The van der Waals surface area contributed by atoms with Crippen LogP contribution in [0.2, 0.25) is 0 Å². The number of rotatable bonds is 1. The maximum atomic E-state index is 6.96. The highest BCUT2D eigenvalue weighted by molar-refractivity contribution is 5.95. The lowest BCUT2D eigenvalue weighted by Crippen LogP contribution is -2.60. The number of hydrogen-bond donors (Lipinski definition) is 0. The lowest BCUT2D eigenvalue weighted by Gasteiger charge is -2.52. The summed E-state index contributed by atoms with van der Waals surface area (Å²) in [5, 5.41) is 0. The molecule has 2 saturated carbocycles. The van der Waals surface area contributed by atoms with Crippen molar-refractivity contribution in [2.24, 2.45) is 34.6 Å². The third-order valence-corrected chi connectivity index (χ3v) is 7.01. The Hall–Kier alpha value is -0.630. The maximum Gasteiger partial charge on any atom is 0.0986 e. The summed E-state index contributed by atoms with van der Waals surface area (Å²) in [5.74, 6) is 3.39. The molecule has 3 fully saturated rings. The van der Waals surface area contributed by atoms with Gasteiger partial charge in [0.25, 0.3) is 0 Å². The maximum absolute atomic E-state index is 6.96. The van der Waals surface area contributed by atoms with E-state index in [4.69, 9.17) is 9.73 Å². The Kier molecular flexibility index (Phi) is 2.14. The minimum absolute atomic E-state index is 0.00965. The van der Waals surface area contributed by atoms with Crippen molar-refractivity contribution < 1.29 is 4.74 Å². The average molecular weight is 271 g/mol. The fourth-order valence-electron chi connectivity index (χ4n) is 6.34. The highest BCUT2D eigenvalue weighted by atomic mass is 16.5. The SMILES string of the molecule is CC(C)[C@H]1CC[C@H]2C3=NC[C@H]4CCC[C@]5(C=C[C@]12O5)[C@@H]34. The van der Waals surface area contributed by atoms with Crippen LogP contribution in [0.1, 0.15) is 46.0 Å². The first kappa shape index (κ1) is 12.0. The van der Waals surface area contributed by atoms with E-state index < -0.39 is 0 Å². The van der Waals surface area contributed by atoms with Crippen LogP contribution in [-0.2, 0) is 4.74 Å². The molecular formula is C18H25NO. The average Bonchev–Trinajstić information content (AvgIpc) is 3.07. The van der Waals surface area contributed by atoms with Crippen LogP contribution < -0.4 is 0 Å². The van der Waals surface area contributed by atoms with E-state index in [0.29, 0.717) is 23.7 Å². The summed E-state index contributed by atoms with van der Waals surface area (Å²) in [5.41, 5.74) is 1.61. The van der Waals surface area contributed by atoms with Gasteiger partial charge >= 0.3 is 0 Å². The van der Waals surface area contributed by atoms with Gasteiger partial charge in [-0.2, -0.15) is 0 Å². The molecule has 108 valence electrons. The summed E-state index contributed by atoms with van der Waals surface area (Å²) in [6, 6.07) is 0. The smallest absolute Gasteiger partial charge is 0.0986 e. The predicted octanol–water partition coefficient (Wildman–Crippen LogP) is 3.62. The molecule has 5 rings (SSSR count). The monoisotopic (exact) mass is 271 g/mol. The van der Waals surface area contributed by atoms with E-state index in [-0.39, 0.29) is 11.2 Å². The minimum atomic E-state index is 0.00965. The molecule has 1 saturated heterocycles. The molecule has 6 atom stereocenters. The topological polar surface area (TPSA) is 21.6 Å². The Morgan fingerprint density at radius 3 is 3.00 bits per heavy atom. The molecule has 5 aliphatic rings. The molecule has 0 aromatic carbocycles. The standard InChI is InChI=1S/C18H25NO/c1-11(2)13-5-6-14-16-15-12(10-19-16)4-3-7-17(15)8-9-18(13,14)20-17/h8-9,11-15H,3-7,10H2,1-2H3/t12-,13-,14+,15-,17+,18+/m1/s1. The summed E-state index contributed by atoms with van der Waals surface area (Å²) < 4.78 is 6.96. The normalized spacial score (nSPS) is 55.0. The van der Waals surface area contributed by atoms with E-state index in [1.54, 1.807) is 5.71 Å². The van der Waals surface area contributed by atoms with E-state index >= 15 is 0 Å². The largest absolute Gasteiger partial charge is 0.359 e. The Bertz CT molecular complexity index is 522. The Labute approximate surface area is 121 Å². The molecule has 0 aromatic rings. The van der Waals surface area contributed by atoms with Gasteiger partial charge in [-0.25, -0.2) is 0 Å². The Morgan fingerprint density at radius 2 is 2.15 bits per heavy atom. The van der Waals surface area contributed by atoms with E-state index in [1.165, 1.54) is 32.1 Å². The van der Waals surface area contributed by atoms with Crippen molar-refractivity contribution in [3.8, 4) is 0 Å². The first-order valence-corrected chi connectivity index (χ1v) is 8.61. The third-order valence-electron chi connectivity index (χ3n) is 7.01. The summed E-state index contributed by atoms with van der Waals surface area (Å²) in [6.45, 7) is 5.82. The lowest BCUT2D eigenvalue weighted by atomic mass is 9.64. The molecule has 2 aliphatic carbocycles. The molecule has 3 heterocycles. The van der Waals surface area contributed by atoms with E-state index in [0.717, 1.165) is 12.5 Å². The zero-order valence-electron chi connectivity index (χ0n) is 12.6. The van der Waals surface area contributed by atoms with Gasteiger partial charge in [0.15, 0.2) is 0 Å². The van der Waals surface area contributed by atoms with Crippen LogP contribution in [0.5, 0.6) is 0 Å². The van der Waals surface area contributed by atoms with Crippen molar-refractivity contribution in [1.29, 1.82) is 0 Å². The van der Waals surface area contributed by atoms with Crippen molar-refractivity contribution in [3.63, 3.8) is 0 Å². The van der Waals surface area contributed by atoms with Crippen LogP contribution >= 0.6 is 0 Å². The summed E-state index contributed by atoms with van der Waals surface area (Å²) in [6.07, 6.45) is 11.5. The summed E-state index contributed by atoms with van der Waals surface area (Å²) in [4.78, 5) is 5.06. The number of ether oxygens (including phenoxy) is 1. The molecule has 0 unspecified atom stereocenters. The predicted molar refractivity (Wildman–Crippen MR) is 79.9 cm³/mol. The molecule has 20 heavy (non-hydrogen) atoms. The second kappa shape index (κ2) is 3.58. The second-order valence-corrected chi connectivity index (χ2v) is 8.12. The van der Waals surface area contributed by atoms with Gasteiger partial charge in [-0.1, -0.05) is 26.0 Å². The van der Waals surface area contributed by atoms with Gasteiger partial charge in [0.1, 0.15) is 0 Å². The number of nitrogens with zero attached hydrogens (tertiary/aromatic N) is 1. The van der Waals surface area contributed by atoms with Crippen molar-refractivity contribution in [2.45, 2.75) is 57.2 Å². The molecule has 0 aromatic heterocycles. The Balaban J connectivity index is 1.66. The zero-order valence-corrected chi connectivity index (χ0v) is 12.6. The summed E-state index contributed by atoms with van der Waals surface area (Å²) in [7, 11) is 0. The minimum Gasteiger partial charge on any atom is -0.359 e. The molecular weight excluding hydrogens is 246 g/mol. The molecule has 2 nitrogen and oxygen atoms in total. The van der Waals surface area contributed by atoms with Gasteiger partial charge < -0.3 is 4.74 Å².